The number of nitrogens with zero attached hydrogens (tertiary/aromatic N) is 2. The lowest BCUT2D eigenvalue weighted by atomic mass is 9.85. The van der Waals surface area contributed by atoms with Crippen molar-refractivity contribution in [2.24, 2.45) is 0 Å². The average molecular weight is 658 g/mol. The molecule has 2 amide bonds. The SMILES string of the molecule is O=C(O)N[C@H](C(=O)Nc1cccc(F)c1CCC1C2CN2C2CCCS(=O)(=O)N1C2)[C@@H](c1ccc(Cl)cc1)c1ccc(=O)[nH]c1. The summed E-state index contributed by atoms with van der Waals surface area (Å²) in [6.07, 6.45) is 1.92. The summed E-state index contributed by atoms with van der Waals surface area (Å²) < 4.78 is 43.1. The Bertz CT molecular complexity index is 1750. The minimum atomic E-state index is -3.43. The van der Waals surface area contributed by atoms with Gasteiger partial charge in [0.05, 0.1) is 5.75 Å². The highest BCUT2D eigenvalue weighted by Crippen LogP contribution is 2.40. The number of amides is 2. The standard InChI is InChI=1S/C31H33ClFN5O6S/c32-20-9-6-18(7-10-20)28(19-8-13-27(39)34-15-19)29(36-31(41)42)30(40)35-24-5-1-4-23(33)22(24)11-12-25-26-17-37(26)21-3-2-14-45(43,44)38(25)16-21/h1,4-10,13,15,21,25-26,28-29,36H,2-3,11-12,14,16-17H2,(H,34,39)(H,35,40)(H,41,42)/t21?,25?,26?,28-,29-,37?/m0/s1. The highest BCUT2D eigenvalue weighted by atomic mass is 35.5. The second kappa shape index (κ2) is 12.5. The van der Waals surface area contributed by atoms with Crippen molar-refractivity contribution in [3.8, 4) is 0 Å². The molecule has 2 bridgehead atoms. The molecule has 1 aromatic heterocycles. The van der Waals surface area contributed by atoms with Crippen molar-refractivity contribution in [3.63, 3.8) is 0 Å². The van der Waals surface area contributed by atoms with Gasteiger partial charge in [0.1, 0.15) is 11.9 Å². The first kappa shape index (κ1) is 31.2. The molecule has 45 heavy (non-hydrogen) atoms. The van der Waals surface area contributed by atoms with Crippen molar-refractivity contribution >= 4 is 39.3 Å². The first-order chi connectivity index (χ1) is 21.5. The van der Waals surface area contributed by atoms with E-state index < -0.39 is 39.8 Å². The smallest absolute Gasteiger partial charge is 0.405 e. The van der Waals surface area contributed by atoms with E-state index in [-0.39, 0.29) is 47.1 Å². The van der Waals surface area contributed by atoms with Gasteiger partial charge in [0.25, 0.3) is 0 Å². The minimum absolute atomic E-state index is 0.0861. The number of rotatable bonds is 9. The van der Waals surface area contributed by atoms with Gasteiger partial charge in [-0.3, -0.25) is 14.5 Å². The molecule has 0 aliphatic carbocycles. The fourth-order valence-electron chi connectivity index (χ4n) is 6.83. The van der Waals surface area contributed by atoms with Gasteiger partial charge in [0, 0.05) is 65.7 Å². The van der Waals surface area contributed by atoms with Crippen LogP contribution in [0, 0.1) is 5.82 Å². The molecule has 11 nitrogen and oxygen atoms in total. The van der Waals surface area contributed by atoms with Gasteiger partial charge in [-0.25, -0.2) is 17.6 Å². The van der Waals surface area contributed by atoms with Crippen LogP contribution in [0.4, 0.5) is 14.9 Å². The van der Waals surface area contributed by atoms with Crippen LogP contribution >= 0.6 is 11.6 Å². The van der Waals surface area contributed by atoms with Crippen LogP contribution in [0.1, 0.15) is 41.9 Å². The number of nitrogens with one attached hydrogen (secondary N) is 3. The van der Waals surface area contributed by atoms with E-state index in [1.807, 2.05) is 0 Å². The molecule has 3 fully saturated rings. The van der Waals surface area contributed by atoms with Gasteiger partial charge in [-0.05, 0) is 61.1 Å². The highest BCUT2D eigenvalue weighted by Gasteiger charge is 2.55. The molecule has 0 saturated carbocycles. The van der Waals surface area contributed by atoms with Gasteiger partial charge in [0.2, 0.25) is 21.5 Å². The lowest BCUT2D eigenvalue weighted by molar-refractivity contribution is -0.118. The van der Waals surface area contributed by atoms with Gasteiger partial charge in [-0.15, -0.1) is 0 Å². The first-order valence-electron chi connectivity index (χ1n) is 14.8. The molecule has 0 radical (unpaired) electrons. The molecule has 238 valence electrons. The van der Waals surface area contributed by atoms with Crippen LogP contribution in [-0.2, 0) is 21.2 Å². The maximum Gasteiger partial charge on any atom is 0.405 e. The number of hydrogen-bond acceptors (Lipinski definition) is 6. The molecule has 7 atom stereocenters. The summed E-state index contributed by atoms with van der Waals surface area (Å²) in [5.74, 6) is -2.11. The number of carbonyl (C=O) groups is 2. The summed E-state index contributed by atoms with van der Waals surface area (Å²) >= 11 is 6.09. The van der Waals surface area contributed by atoms with Gasteiger partial charge in [0.15, 0.2) is 0 Å². The fraction of sp³-hybridized carbons (Fsp3) is 0.387. The second-order valence-electron chi connectivity index (χ2n) is 11.7. The normalized spacial score (nSPS) is 26.0. The van der Waals surface area contributed by atoms with Crippen LogP contribution in [0.2, 0.25) is 5.02 Å². The Labute approximate surface area is 264 Å². The van der Waals surface area contributed by atoms with Gasteiger partial charge in [-0.1, -0.05) is 35.9 Å². The number of aromatic nitrogens is 1. The number of hydrogen-bond donors (Lipinski definition) is 4. The van der Waals surface area contributed by atoms with Crippen LogP contribution in [0.3, 0.4) is 0 Å². The number of carbonyl (C=O) groups excluding carboxylic acids is 1. The van der Waals surface area contributed by atoms with E-state index in [1.165, 1.54) is 36.5 Å². The summed E-state index contributed by atoms with van der Waals surface area (Å²) in [6, 6.07) is 12.1. The summed E-state index contributed by atoms with van der Waals surface area (Å²) in [5.41, 5.74) is 0.986. The molecule has 4 N–H and O–H groups in total. The van der Waals surface area contributed by atoms with Crippen molar-refractivity contribution in [3.05, 3.63) is 98.7 Å². The van der Waals surface area contributed by atoms with Crippen molar-refractivity contribution in [2.45, 2.75) is 55.8 Å². The third kappa shape index (κ3) is 6.62. The average Bonchev–Trinajstić information content (AvgIpc) is 3.81. The minimum Gasteiger partial charge on any atom is -0.465 e. The van der Waals surface area contributed by atoms with Crippen LogP contribution in [0.25, 0.3) is 0 Å². The molecular weight excluding hydrogens is 625 g/mol. The Kier molecular flexibility index (Phi) is 8.70. The number of piperazine rings is 1. The number of pyridine rings is 1. The molecule has 3 aromatic rings. The van der Waals surface area contributed by atoms with E-state index >= 15 is 4.39 Å². The van der Waals surface area contributed by atoms with Crippen LogP contribution < -0.4 is 16.2 Å². The molecule has 5 unspecified atom stereocenters. The largest absolute Gasteiger partial charge is 0.465 e. The number of H-pyrrole nitrogens is 1. The van der Waals surface area contributed by atoms with Crippen molar-refractivity contribution < 1.29 is 27.5 Å². The number of aromatic amines is 1. The zero-order valence-electron chi connectivity index (χ0n) is 24.2. The number of fused-ring (bicyclic) bond motifs is 4. The molecule has 3 aliphatic heterocycles. The predicted molar refractivity (Wildman–Crippen MR) is 166 cm³/mol. The summed E-state index contributed by atoms with van der Waals surface area (Å²) in [4.78, 5) is 42.5. The van der Waals surface area contributed by atoms with Gasteiger partial charge < -0.3 is 20.7 Å². The van der Waals surface area contributed by atoms with E-state index in [4.69, 9.17) is 11.6 Å². The lowest BCUT2D eigenvalue weighted by Crippen LogP contribution is -2.53. The fourth-order valence-corrected chi connectivity index (χ4v) is 8.78. The molecule has 0 spiro atoms. The Morgan fingerprint density at radius 2 is 1.84 bits per heavy atom. The topological polar surface area (TPSA) is 152 Å². The molecule has 6 rings (SSSR count). The monoisotopic (exact) mass is 657 g/mol. The van der Waals surface area contributed by atoms with E-state index in [2.05, 4.69) is 20.5 Å². The first-order valence-corrected chi connectivity index (χ1v) is 16.8. The van der Waals surface area contributed by atoms with Crippen molar-refractivity contribution in [2.75, 3.05) is 24.2 Å². The maximum atomic E-state index is 15.4. The van der Waals surface area contributed by atoms with E-state index in [1.54, 1.807) is 28.6 Å². The van der Waals surface area contributed by atoms with Crippen LogP contribution in [0.15, 0.2) is 65.6 Å². The number of sulfonamides is 1. The summed E-state index contributed by atoms with van der Waals surface area (Å²) in [7, 11) is -3.43. The summed E-state index contributed by atoms with van der Waals surface area (Å²) in [6.45, 7) is 1.24. The Morgan fingerprint density at radius 3 is 2.56 bits per heavy atom. The number of anilines is 1. The Hall–Kier alpha value is -3.78. The number of carboxylic acid groups (broad SMARTS) is 1. The molecule has 3 saturated heterocycles. The number of halogens is 2. The quantitative estimate of drug-likeness (QED) is 0.258. The van der Waals surface area contributed by atoms with Crippen molar-refractivity contribution in [1.29, 1.82) is 0 Å². The third-order valence-electron chi connectivity index (χ3n) is 9.02. The summed E-state index contributed by atoms with van der Waals surface area (Å²) in [5, 5.41) is 15.2. The maximum absolute atomic E-state index is 15.4. The Morgan fingerprint density at radius 1 is 1.09 bits per heavy atom. The van der Waals surface area contributed by atoms with Gasteiger partial charge in [-0.2, -0.15) is 4.31 Å². The van der Waals surface area contributed by atoms with Crippen molar-refractivity contribution in [1.82, 2.24) is 19.5 Å². The zero-order valence-corrected chi connectivity index (χ0v) is 25.7. The van der Waals surface area contributed by atoms with Gasteiger partial charge >= 0.3 is 6.09 Å². The molecule has 4 heterocycles. The van der Waals surface area contributed by atoms with Crippen LogP contribution in [0.5, 0.6) is 0 Å². The lowest BCUT2D eigenvalue weighted by Gasteiger charge is -2.37. The number of benzene rings is 2. The van der Waals surface area contributed by atoms with E-state index in [9.17, 15) is 27.9 Å². The predicted octanol–water partition coefficient (Wildman–Crippen LogP) is 3.37. The molecule has 3 aliphatic rings. The zero-order chi connectivity index (χ0) is 31.9. The molecule has 14 heteroatoms. The molecular formula is C31H33ClFN5O6S. The van der Waals surface area contributed by atoms with E-state index in [0.29, 0.717) is 35.5 Å². The van der Waals surface area contributed by atoms with E-state index in [0.717, 1.165) is 13.0 Å². The third-order valence-corrected chi connectivity index (χ3v) is 11.2. The highest BCUT2D eigenvalue weighted by molar-refractivity contribution is 7.89. The molecule has 2 aromatic carbocycles. The Balaban J connectivity index is 1.28. The second-order valence-corrected chi connectivity index (χ2v) is 14.2. The van der Waals surface area contributed by atoms with Crippen LogP contribution in [-0.4, -0.2) is 82.7 Å².